The van der Waals surface area contributed by atoms with Crippen LogP contribution in [0.25, 0.3) is 0 Å². The molecule has 0 atom stereocenters. The molecule has 0 fully saturated rings. The predicted octanol–water partition coefficient (Wildman–Crippen LogP) is 1.04. The maximum absolute atomic E-state index is 10.8. The van der Waals surface area contributed by atoms with E-state index in [0.29, 0.717) is 0 Å². The fourth-order valence-electron chi connectivity index (χ4n) is 0.462. The first-order valence-electron chi connectivity index (χ1n) is 4.80. The van der Waals surface area contributed by atoms with Crippen molar-refractivity contribution in [2.75, 3.05) is 6.54 Å². The summed E-state index contributed by atoms with van der Waals surface area (Å²) in [6.07, 6.45) is -4.38. The number of ether oxygens (including phenoxy) is 1. The average Bonchev–Trinajstić information content (AvgIpc) is 2.09. The van der Waals surface area contributed by atoms with Crippen molar-refractivity contribution in [3.8, 4) is 0 Å². The molecule has 0 rings (SSSR count). The van der Waals surface area contributed by atoms with Gasteiger partial charge in [-0.3, -0.25) is 4.79 Å². The van der Waals surface area contributed by atoms with Crippen LogP contribution in [0.3, 0.4) is 0 Å². The second-order valence-corrected chi connectivity index (χ2v) is 3.81. The summed E-state index contributed by atoms with van der Waals surface area (Å²) in [5.74, 6) is -1.10. The Labute approximate surface area is 113 Å². The first-order valence-corrected chi connectivity index (χ1v) is 4.80. The van der Waals surface area contributed by atoms with Crippen LogP contribution in [-0.4, -0.2) is 62.1 Å². The summed E-state index contributed by atoms with van der Waals surface area (Å²) in [4.78, 5) is 37.9. The lowest BCUT2D eigenvalue weighted by Gasteiger charge is -2.19. The third-order valence-electron chi connectivity index (χ3n) is 0.783. The van der Waals surface area contributed by atoms with Crippen molar-refractivity contribution in [3.63, 3.8) is 0 Å². The molecule has 0 spiro atoms. The van der Waals surface area contributed by atoms with Gasteiger partial charge in [0.15, 0.2) is 0 Å². The van der Waals surface area contributed by atoms with Crippen molar-refractivity contribution in [2.24, 2.45) is 0 Å². The number of carbonyl (C=O) groups excluding carboxylic acids is 1. The van der Waals surface area contributed by atoms with Crippen LogP contribution in [0.1, 0.15) is 20.8 Å². The molecule has 0 saturated heterocycles. The fraction of sp³-hybridized carbons (Fsp3) is 0.556. The molecule has 6 N–H and O–H groups in total. The minimum absolute atomic E-state index is 0.422. The molecule has 118 valence electrons. The lowest BCUT2D eigenvalue weighted by molar-refractivity contribution is -0.136. The van der Waals surface area contributed by atoms with Gasteiger partial charge >= 0.3 is 24.4 Å². The summed E-state index contributed by atoms with van der Waals surface area (Å²) in [5.41, 5.74) is -0.595. The van der Waals surface area contributed by atoms with Gasteiger partial charge in [-0.25, -0.2) is 14.4 Å². The minimum atomic E-state index is -1.83. The van der Waals surface area contributed by atoms with Crippen molar-refractivity contribution in [2.45, 2.75) is 26.4 Å². The summed E-state index contributed by atoms with van der Waals surface area (Å²) < 4.78 is 4.77. The van der Waals surface area contributed by atoms with E-state index < -0.39 is 36.5 Å². The highest BCUT2D eigenvalue weighted by Gasteiger charge is 2.15. The summed E-state index contributed by atoms with van der Waals surface area (Å²) in [6, 6.07) is 0. The van der Waals surface area contributed by atoms with Crippen LogP contribution in [0.4, 0.5) is 14.4 Å². The maximum atomic E-state index is 10.8. The number of carbonyl (C=O) groups is 4. The third kappa shape index (κ3) is 58.8. The SMILES string of the molecule is CC(C)(C)OC(=O)NCC(=O)O.O=C(O)O.O=C(O)O. The Kier molecular flexibility index (Phi) is 12.8. The molecule has 11 heteroatoms. The Morgan fingerprint density at radius 2 is 1.20 bits per heavy atom. The van der Waals surface area contributed by atoms with Crippen molar-refractivity contribution in [3.05, 3.63) is 0 Å². The predicted molar refractivity (Wildman–Crippen MR) is 63.2 cm³/mol. The van der Waals surface area contributed by atoms with Crippen LogP contribution in [0.2, 0.25) is 0 Å². The second kappa shape index (κ2) is 11.4. The fourth-order valence-corrected chi connectivity index (χ4v) is 0.462. The molecule has 1 amide bonds. The van der Waals surface area contributed by atoms with Crippen LogP contribution in [0, 0.1) is 0 Å². The van der Waals surface area contributed by atoms with E-state index in [9.17, 15) is 9.59 Å². The number of hydrogen-bond donors (Lipinski definition) is 6. The molecule has 0 aromatic rings. The quantitative estimate of drug-likeness (QED) is 0.429. The third-order valence-corrected chi connectivity index (χ3v) is 0.783. The zero-order valence-corrected chi connectivity index (χ0v) is 11.0. The molecule has 0 aromatic heterocycles. The van der Waals surface area contributed by atoms with E-state index in [1.807, 2.05) is 0 Å². The van der Waals surface area contributed by atoms with E-state index in [1.54, 1.807) is 20.8 Å². The highest BCUT2D eigenvalue weighted by Crippen LogP contribution is 2.05. The van der Waals surface area contributed by atoms with Crippen LogP contribution < -0.4 is 5.32 Å². The standard InChI is InChI=1S/C7H13NO4.2CH2O3/c1-7(2,3)12-6(11)8-4-5(9)10;2*2-1(3)4/h4H2,1-3H3,(H,8,11)(H,9,10);2*(H2,2,3,4). The van der Waals surface area contributed by atoms with Gasteiger partial charge in [-0.1, -0.05) is 0 Å². The van der Waals surface area contributed by atoms with Gasteiger partial charge in [-0.05, 0) is 20.8 Å². The largest absolute Gasteiger partial charge is 0.503 e. The number of carboxylic acids is 1. The number of hydrogen-bond acceptors (Lipinski definition) is 5. The van der Waals surface area contributed by atoms with Crippen molar-refractivity contribution in [1.29, 1.82) is 0 Å². The normalized spacial score (nSPS) is 8.75. The lowest BCUT2D eigenvalue weighted by atomic mass is 10.2. The van der Waals surface area contributed by atoms with Crippen molar-refractivity contribution in [1.82, 2.24) is 5.32 Å². The van der Waals surface area contributed by atoms with E-state index in [0.717, 1.165) is 0 Å². The summed E-state index contributed by atoms with van der Waals surface area (Å²) in [5, 5.41) is 38.2. The summed E-state index contributed by atoms with van der Waals surface area (Å²) in [6.45, 7) is 4.68. The maximum Gasteiger partial charge on any atom is 0.503 e. The first-order chi connectivity index (χ1) is 8.77. The van der Waals surface area contributed by atoms with Gasteiger partial charge in [0.1, 0.15) is 12.1 Å². The Hall–Kier alpha value is -2.72. The lowest BCUT2D eigenvalue weighted by Crippen LogP contribution is -2.35. The van der Waals surface area contributed by atoms with E-state index >= 15 is 0 Å². The summed E-state index contributed by atoms with van der Waals surface area (Å²) >= 11 is 0. The van der Waals surface area contributed by atoms with Gasteiger partial charge in [-0.15, -0.1) is 0 Å². The first kappa shape index (κ1) is 22.5. The van der Waals surface area contributed by atoms with Crippen LogP contribution in [0.15, 0.2) is 0 Å². The molecular weight excluding hydrogens is 282 g/mol. The number of nitrogens with one attached hydrogen (secondary N) is 1. The minimum Gasteiger partial charge on any atom is -0.480 e. The molecule has 0 saturated carbocycles. The Morgan fingerprint density at radius 3 is 1.40 bits per heavy atom. The van der Waals surface area contributed by atoms with Gasteiger partial charge in [0, 0.05) is 0 Å². The van der Waals surface area contributed by atoms with E-state index in [-0.39, 0.29) is 0 Å². The van der Waals surface area contributed by atoms with Gasteiger partial charge in [0.2, 0.25) is 0 Å². The zero-order valence-electron chi connectivity index (χ0n) is 11.0. The smallest absolute Gasteiger partial charge is 0.480 e. The molecule has 0 unspecified atom stereocenters. The highest BCUT2D eigenvalue weighted by molar-refractivity contribution is 5.76. The van der Waals surface area contributed by atoms with Crippen molar-refractivity contribution < 1.29 is 49.4 Å². The number of alkyl carbamates (subject to hydrolysis) is 1. The molecule has 20 heavy (non-hydrogen) atoms. The Bertz CT molecular complexity index is 312. The topological polar surface area (TPSA) is 191 Å². The molecule has 0 heterocycles. The highest BCUT2D eigenvalue weighted by atomic mass is 16.6. The number of rotatable bonds is 2. The van der Waals surface area contributed by atoms with Gasteiger partial charge in [0.05, 0.1) is 0 Å². The molecule has 0 bridgehead atoms. The van der Waals surface area contributed by atoms with Gasteiger partial charge in [-0.2, -0.15) is 0 Å². The van der Waals surface area contributed by atoms with Crippen molar-refractivity contribution >= 4 is 24.4 Å². The monoisotopic (exact) mass is 299 g/mol. The Morgan fingerprint density at radius 1 is 0.900 bits per heavy atom. The Balaban J connectivity index is -0.000000297. The van der Waals surface area contributed by atoms with Gasteiger partial charge < -0.3 is 35.6 Å². The summed E-state index contributed by atoms with van der Waals surface area (Å²) in [7, 11) is 0. The molecule has 0 aromatic carbocycles. The number of aliphatic carboxylic acids is 1. The molecule has 0 aliphatic carbocycles. The molecule has 11 nitrogen and oxygen atoms in total. The second-order valence-electron chi connectivity index (χ2n) is 3.81. The average molecular weight is 299 g/mol. The molecule has 0 aliphatic heterocycles. The van der Waals surface area contributed by atoms with E-state index in [1.165, 1.54) is 0 Å². The number of amides is 1. The molecule has 0 aliphatic rings. The van der Waals surface area contributed by atoms with Crippen LogP contribution >= 0.6 is 0 Å². The van der Waals surface area contributed by atoms with Gasteiger partial charge in [0.25, 0.3) is 0 Å². The molecule has 0 radical (unpaired) electrons. The number of carboxylic acid groups (broad SMARTS) is 5. The van der Waals surface area contributed by atoms with Crippen LogP contribution in [0.5, 0.6) is 0 Å². The van der Waals surface area contributed by atoms with Crippen LogP contribution in [-0.2, 0) is 9.53 Å². The van der Waals surface area contributed by atoms with E-state index in [2.05, 4.69) is 5.32 Å². The zero-order chi connectivity index (χ0) is 16.9. The molecular formula is C9H17NO10. The van der Waals surface area contributed by atoms with E-state index in [4.69, 9.17) is 39.9 Å².